The quantitative estimate of drug-likeness (QED) is 0.924. The highest BCUT2D eigenvalue weighted by Crippen LogP contribution is 2.26. The monoisotopic (exact) mass is 339 g/mol. The van der Waals surface area contributed by atoms with Crippen molar-refractivity contribution in [3.05, 3.63) is 51.0 Å². The van der Waals surface area contributed by atoms with E-state index in [2.05, 4.69) is 26.3 Å². The number of aryl methyl sites for hydroxylation is 2. The van der Waals surface area contributed by atoms with Crippen LogP contribution < -0.4 is 5.32 Å². The fourth-order valence-electron chi connectivity index (χ4n) is 2.55. The summed E-state index contributed by atoms with van der Waals surface area (Å²) in [6.45, 7) is 4.03. The number of hydrogen-bond donors (Lipinski definition) is 1. The van der Waals surface area contributed by atoms with Crippen LogP contribution in [0.25, 0.3) is 0 Å². The molecular formula is C15H19BrFN3. The Kier molecular flexibility index (Phi) is 4.60. The number of halogens is 2. The molecule has 0 aliphatic heterocycles. The molecular weight excluding hydrogens is 321 g/mol. The van der Waals surface area contributed by atoms with Crippen molar-refractivity contribution in [3.63, 3.8) is 0 Å². The maximum absolute atomic E-state index is 14.0. The molecule has 20 heavy (non-hydrogen) atoms. The van der Waals surface area contributed by atoms with Crippen LogP contribution in [0.5, 0.6) is 0 Å². The van der Waals surface area contributed by atoms with Crippen molar-refractivity contribution >= 4 is 15.9 Å². The molecule has 0 bridgehead atoms. The lowest BCUT2D eigenvalue weighted by Crippen LogP contribution is -2.20. The first-order chi connectivity index (χ1) is 9.43. The highest BCUT2D eigenvalue weighted by molar-refractivity contribution is 9.10. The van der Waals surface area contributed by atoms with Gasteiger partial charge >= 0.3 is 0 Å². The molecule has 1 N–H and O–H groups in total. The van der Waals surface area contributed by atoms with Crippen LogP contribution in [0.4, 0.5) is 4.39 Å². The molecule has 0 amide bonds. The zero-order valence-corrected chi connectivity index (χ0v) is 13.8. The van der Waals surface area contributed by atoms with E-state index in [1.54, 1.807) is 0 Å². The summed E-state index contributed by atoms with van der Waals surface area (Å²) in [5.74, 6) is -0.182. The number of nitrogens with zero attached hydrogens (tertiary/aromatic N) is 2. The molecule has 0 aliphatic carbocycles. The number of benzene rings is 1. The van der Waals surface area contributed by atoms with Crippen LogP contribution in [0.15, 0.2) is 22.7 Å². The Balaban J connectivity index is 2.33. The van der Waals surface area contributed by atoms with E-state index >= 15 is 0 Å². The summed E-state index contributed by atoms with van der Waals surface area (Å²) < 4.78 is 16.6. The van der Waals surface area contributed by atoms with Gasteiger partial charge in [0.05, 0.1) is 5.69 Å². The van der Waals surface area contributed by atoms with Gasteiger partial charge in [-0.1, -0.05) is 22.0 Å². The van der Waals surface area contributed by atoms with Crippen LogP contribution in [0.3, 0.4) is 0 Å². The maximum atomic E-state index is 14.0. The SMILES string of the molecule is CNC(Cc1ccc(Br)cc1F)c1c(C)nn(C)c1C. The molecule has 0 saturated heterocycles. The van der Waals surface area contributed by atoms with E-state index in [4.69, 9.17) is 0 Å². The van der Waals surface area contributed by atoms with E-state index in [1.807, 2.05) is 44.8 Å². The molecule has 0 spiro atoms. The lowest BCUT2D eigenvalue weighted by atomic mass is 9.97. The Bertz CT molecular complexity index is 622. The van der Waals surface area contributed by atoms with Crippen LogP contribution in [0, 0.1) is 19.7 Å². The topological polar surface area (TPSA) is 29.9 Å². The van der Waals surface area contributed by atoms with Crippen molar-refractivity contribution in [1.82, 2.24) is 15.1 Å². The van der Waals surface area contributed by atoms with Crippen LogP contribution in [0.1, 0.15) is 28.6 Å². The minimum Gasteiger partial charge on any atom is -0.313 e. The number of likely N-dealkylation sites (N-methyl/N-ethyl adjacent to an activating group) is 1. The van der Waals surface area contributed by atoms with Crippen LogP contribution in [-0.4, -0.2) is 16.8 Å². The van der Waals surface area contributed by atoms with Gasteiger partial charge in [-0.15, -0.1) is 0 Å². The highest BCUT2D eigenvalue weighted by atomic mass is 79.9. The minimum atomic E-state index is -0.182. The average molecular weight is 340 g/mol. The third kappa shape index (κ3) is 2.94. The summed E-state index contributed by atoms with van der Waals surface area (Å²) in [4.78, 5) is 0. The molecule has 3 nitrogen and oxygen atoms in total. The second-order valence-electron chi connectivity index (χ2n) is 4.99. The van der Waals surface area contributed by atoms with E-state index < -0.39 is 0 Å². The smallest absolute Gasteiger partial charge is 0.127 e. The molecule has 108 valence electrons. The van der Waals surface area contributed by atoms with Crippen LogP contribution in [0.2, 0.25) is 0 Å². The molecule has 1 unspecified atom stereocenters. The first-order valence-electron chi connectivity index (χ1n) is 6.55. The second-order valence-corrected chi connectivity index (χ2v) is 5.90. The molecule has 0 saturated carbocycles. The first kappa shape index (κ1) is 15.2. The average Bonchev–Trinajstić information content (AvgIpc) is 2.63. The Morgan fingerprint density at radius 3 is 2.60 bits per heavy atom. The van der Waals surface area contributed by atoms with Gasteiger partial charge in [-0.05, 0) is 45.0 Å². The lowest BCUT2D eigenvalue weighted by Gasteiger charge is -2.18. The molecule has 5 heteroatoms. The zero-order valence-electron chi connectivity index (χ0n) is 12.2. The highest BCUT2D eigenvalue weighted by Gasteiger charge is 2.20. The van der Waals surface area contributed by atoms with Crippen LogP contribution in [-0.2, 0) is 13.5 Å². The van der Waals surface area contributed by atoms with Gasteiger partial charge in [-0.3, -0.25) is 4.68 Å². The summed E-state index contributed by atoms with van der Waals surface area (Å²) >= 11 is 3.28. The molecule has 1 atom stereocenters. The molecule has 1 aromatic heterocycles. The van der Waals surface area contributed by atoms with Crippen molar-refractivity contribution in [2.45, 2.75) is 26.3 Å². The molecule has 2 aromatic rings. The number of rotatable bonds is 4. The Morgan fingerprint density at radius 2 is 2.10 bits per heavy atom. The molecule has 0 aliphatic rings. The maximum Gasteiger partial charge on any atom is 0.127 e. The van der Waals surface area contributed by atoms with Crippen molar-refractivity contribution in [1.29, 1.82) is 0 Å². The predicted molar refractivity (Wildman–Crippen MR) is 82.3 cm³/mol. The molecule has 0 fully saturated rings. The second kappa shape index (κ2) is 6.06. The van der Waals surface area contributed by atoms with Crippen molar-refractivity contribution in [2.75, 3.05) is 7.05 Å². The van der Waals surface area contributed by atoms with Crippen molar-refractivity contribution < 1.29 is 4.39 Å². The fraction of sp³-hybridized carbons (Fsp3) is 0.400. The van der Waals surface area contributed by atoms with E-state index in [0.29, 0.717) is 12.0 Å². The number of hydrogen-bond acceptors (Lipinski definition) is 2. The fourth-order valence-corrected chi connectivity index (χ4v) is 2.88. The summed E-state index contributed by atoms with van der Waals surface area (Å²) in [7, 11) is 3.83. The third-order valence-electron chi connectivity index (χ3n) is 3.70. The normalized spacial score (nSPS) is 12.7. The van der Waals surface area contributed by atoms with E-state index in [0.717, 1.165) is 21.4 Å². The van der Waals surface area contributed by atoms with Gasteiger partial charge in [-0.2, -0.15) is 5.10 Å². The van der Waals surface area contributed by atoms with Gasteiger partial charge in [0.1, 0.15) is 5.82 Å². The summed E-state index contributed by atoms with van der Waals surface area (Å²) in [6.07, 6.45) is 0.600. The Hall–Kier alpha value is -1.20. The van der Waals surface area contributed by atoms with Gasteiger partial charge in [0.15, 0.2) is 0 Å². The van der Waals surface area contributed by atoms with Crippen molar-refractivity contribution in [3.8, 4) is 0 Å². The van der Waals surface area contributed by atoms with Gasteiger partial charge < -0.3 is 5.32 Å². The summed E-state index contributed by atoms with van der Waals surface area (Å²) in [6, 6.07) is 5.25. The molecule has 1 heterocycles. The number of aromatic nitrogens is 2. The van der Waals surface area contributed by atoms with E-state index in [-0.39, 0.29) is 11.9 Å². The van der Waals surface area contributed by atoms with Gasteiger partial charge in [-0.25, -0.2) is 4.39 Å². The first-order valence-corrected chi connectivity index (χ1v) is 7.34. The minimum absolute atomic E-state index is 0.0550. The lowest BCUT2D eigenvalue weighted by molar-refractivity contribution is 0.550. The van der Waals surface area contributed by atoms with Gasteiger partial charge in [0, 0.05) is 28.8 Å². The zero-order chi connectivity index (χ0) is 14.9. The Labute approximate surface area is 127 Å². The predicted octanol–water partition coefficient (Wildman–Crippen LogP) is 3.44. The largest absolute Gasteiger partial charge is 0.313 e. The van der Waals surface area contributed by atoms with Crippen molar-refractivity contribution in [2.24, 2.45) is 7.05 Å². The third-order valence-corrected chi connectivity index (χ3v) is 4.19. The van der Waals surface area contributed by atoms with E-state index in [9.17, 15) is 4.39 Å². The molecule has 2 rings (SSSR count). The van der Waals surface area contributed by atoms with Gasteiger partial charge in [0.2, 0.25) is 0 Å². The van der Waals surface area contributed by atoms with Gasteiger partial charge in [0.25, 0.3) is 0 Å². The molecule has 1 aromatic carbocycles. The summed E-state index contributed by atoms with van der Waals surface area (Å²) in [5, 5.41) is 7.70. The summed E-state index contributed by atoms with van der Waals surface area (Å²) in [5.41, 5.74) is 3.95. The van der Waals surface area contributed by atoms with Crippen LogP contribution >= 0.6 is 15.9 Å². The number of nitrogens with one attached hydrogen (secondary N) is 1. The Morgan fingerprint density at radius 1 is 1.40 bits per heavy atom. The standard InChI is InChI=1S/C15H19BrFN3/c1-9-15(10(2)20(4)19-9)14(18-3)7-11-5-6-12(16)8-13(11)17/h5-6,8,14,18H,7H2,1-4H3. The molecule has 0 radical (unpaired) electrons. The van der Waals surface area contributed by atoms with E-state index in [1.165, 1.54) is 6.07 Å².